The Balaban J connectivity index is 2.69. The zero-order valence-corrected chi connectivity index (χ0v) is 15.9. The van der Waals surface area contributed by atoms with E-state index in [0.717, 1.165) is 0 Å². The van der Waals surface area contributed by atoms with E-state index in [-0.39, 0.29) is 5.41 Å². The van der Waals surface area contributed by atoms with Crippen LogP contribution in [0.25, 0.3) is 0 Å². The number of allylic oxidation sites excluding steroid dienone is 1. The van der Waals surface area contributed by atoms with Crippen LogP contribution in [0.1, 0.15) is 34.1 Å². The van der Waals surface area contributed by atoms with E-state index in [1.807, 2.05) is 32.9 Å². The van der Waals surface area contributed by atoms with Crippen molar-refractivity contribution >= 4 is 13.3 Å². The maximum Gasteiger partial charge on any atom is 0.0871 e. The van der Waals surface area contributed by atoms with Gasteiger partial charge in [0, 0.05) is 6.42 Å². The van der Waals surface area contributed by atoms with Gasteiger partial charge in [-0.3, -0.25) is 0 Å². The molecule has 1 aromatic rings. The average Bonchev–Trinajstić information content (AvgIpc) is 2.44. The summed E-state index contributed by atoms with van der Waals surface area (Å²) >= 11 is 0. The highest BCUT2D eigenvalue weighted by Crippen LogP contribution is 2.25. The fourth-order valence-corrected chi connectivity index (χ4v) is 4.50. The molecule has 124 valence electrons. The highest BCUT2D eigenvalue weighted by atomic mass is 28.3. The second kappa shape index (κ2) is 7.58. The molecule has 0 aliphatic rings. The summed E-state index contributed by atoms with van der Waals surface area (Å²) in [6.45, 7) is 12.9. The monoisotopic (exact) mass is 320 g/mol. The van der Waals surface area contributed by atoms with Crippen molar-refractivity contribution in [3.8, 4) is 0 Å². The van der Waals surface area contributed by atoms with E-state index in [0.29, 0.717) is 12.0 Å². The number of rotatable bonds is 6. The summed E-state index contributed by atoms with van der Waals surface area (Å²) in [5, 5.41) is 21.6. The number of benzene rings is 1. The van der Waals surface area contributed by atoms with E-state index < -0.39 is 20.3 Å². The molecule has 0 saturated carbocycles. The van der Waals surface area contributed by atoms with Gasteiger partial charge in [0.2, 0.25) is 0 Å². The number of hydrogen-bond donors (Lipinski definition) is 2. The van der Waals surface area contributed by atoms with Gasteiger partial charge in [0.1, 0.15) is 0 Å². The second-order valence-electron chi connectivity index (χ2n) is 7.95. The third kappa shape index (κ3) is 5.38. The zero-order valence-electron chi connectivity index (χ0n) is 14.9. The quantitative estimate of drug-likeness (QED) is 0.620. The van der Waals surface area contributed by atoms with Crippen LogP contribution in [0.15, 0.2) is 42.5 Å². The van der Waals surface area contributed by atoms with Gasteiger partial charge in [-0.05, 0) is 11.0 Å². The molecule has 0 fully saturated rings. The van der Waals surface area contributed by atoms with E-state index in [1.54, 1.807) is 0 Å². The first kappa shape index (κ1) is 19.1. The molecule has 3 heteroatoms. The van der Waals surface area contributed by atoms with E-state index in [1.165, 1.54) is 5.19 Å². The maximum atomic E-state index is 10.1. The Morgan fingerprint density at radius 2 is 1.59 bits per heavy atom. The Hall–Kier alpha value is -0.903. The Morgan fingerprint density at radius 1 is 1.05 bits per heavy atom. The van der Waals surface area contributed by atoms with Crippen LogP contribution in [0.2, 0.25) is 18.6 Å². The predicted molar refractivity (Wildman–Crippen MR) is 98.2 cm³/mol. The van der Waals surface area contributed by atoms with Crippen molar-refractivity contribution in [1.82, 2.24) is 0 Å². The molecule has 22 heavy (non-hydrogen) atoms. The van der Waals surface area contributed by atoms with Crippen LogP contribution in [-0.4, -0.2) is 30.5 Å². The summed E-state index contributed by atoms with van der Waals surface area (Å²) in [5.74, 6) is 0. The predicted octanol–water partition coefficient (Wildman–Crippen LogP) is 3.71. The Labute approximate surface area is 136 Å². The van der Waals surface area contributed by atoms with Crippen LogP contribution in [0.5, 0.6) is 0 Å². The lowest BCUT2D eigenvalue weighted by Crippen LogP contribution is -2.44. The van der Waals surface area contributed by atoms with Crippen molar-refractivity contribution in [3.63, 3.8) is 0 Å². The van der Waals surface area contributed by atoms with Crippen molar-refractivity contribution in [2.24, 2.45) is 5.41 Å². The van der Waals surface area contributed by atoms with Crippen LogP contribution in [0.4, 0.5) is 0 Å². The first-order chi connectivity index (χ1) is 10.0. The first-order valence-corrected chi connectivity index (χ1v) is 11.2. The molecule has 1 aromatic carbocycles. The molecule has 3 atom stereocenters. The molecule has 0 unspecified atom stereocenters. The molecule has 0 bridgehead atoms. The molecule has 2 nitrogen and oxygen atoms in total. The lowest BCUT2D eigenvalue weighted by atomic mass is 9.86. The molecular weight excluding hydrogens is 288 g/mol. The van der Waals surface area contributed by atoms with Gasteiger partial charge in [0.15, 0.2) is 0 Å². The molecule has 0 saturated heterocycles. The van der Waals surface area contributed by atoms with Gasteiger partial charge in [0.05, 0.1) is 20.3 Å². The molecule has 0 heterocycles. The Morgan fingerprint density at radius 3 is 2.09 bits per heavy atom. The van der Waals surface area contributed by atoms with Crippen molar-refractivity contribution in [3.05, 3.63) is 42.5 Å². The number of hydrogen-bond acceptors (Lipinski definition) is 2. The van der Waals surface area contributed by atoms with Crippen LogP contribution >= 0.6 is 0 Å². The summed E-state index contributed by atoms with van der Waals surface area (Å²) in [7, 11) is -1.59. The van der Waals surface area contributed by atoms with Gasteiger partial charge in [-0.15, -0.1) is 0 Å². The zero-order chi connectivity index (χ0) is 17.0. The third-order valence-electron chi connectivity index (χ3n) is 4.74. The largest absolute Gasteiger partial charge is 0.392 e. The van der Waals surface area contributed by atoms with Crippen LogP contribution in [0.3, 0.4) is 0 Å². The van der Waals surface area contributed by atoms with Crippen LogP contribution in [0, 0.1) is 5.41 Å². The summed E-state index contributed by atoms with van der Waals surface area (Å²) in [6.07, 6.45) is 3.29. The summed E-state index contributed by atoms with van der Waals surface area (Å²) in [5.41, 5.74) is 0.231. The minimum Gasteiger partial charge on any atom is -0.392 e. The van der Waals surface area contributed by atoms with E-state index in [9.17, 15) is 10.2 Å². The molecule has 0 spiro atoms. The van der Waals surface area contributed by atoms with Gasteiger partial charge in [-0.2, -0.15) is 0 Å². The standard InChI is InChI=1S/C19H32O2Si/c1-15(22(5,6)17-10-8-7-9-11-17)12-13-16(20)14-18(21)19(2,3)4/h7-13,15-16,18,20-21H,14H2,1-6H3/b13-12-/t15-,16-,18+/m1/s1. The van der Waals surface area contributed by atoms with E-state index in [2.05, 4.69) is 50.4 Å². The lowest BCUT2D eigenvalue weighted by Gasteiger charge is -2.29. The molecule has 0 amide bonds. The summed E-state index contributed by atoms with van der Waals surface area (Å²) in [6, 6.07) is 10.6. The lowest BCUT2D eigenvalue weighted by molar-refractivity contribution is 0.0256. The highest BCUT2D eigenvalue weighted by molar-refractivity contribution is 6.91. The van der Waals surface area contributed by atoms with Crippen LogP contribution < -0.4 is 5.19 Å². The average molecular weight is 321 g/mol. The minimum absolute atomic E-state index is 0.196. The number of aliphatic hydroxyl groups excluding tert-OH is 2. The normalized spacial score (nSPS) is 17.5. The highest BCUT2D eigenvalue weighted by Gasteiger charge is 2.29. The molecule has 0 aliphatic heterocycles. The van der Waals surface area contributed by atoms with Crippen LogP contribution in [-0.2, 0) is 0 Å². The Bertz CT molecular complexity index is 474. The molecule has 0 radical (unpaired) electrons. The second-order valence-corrected chi connectivity index (χ2v) is 12.9. The minimum atomic E-state index is -1.59. The van der Waals surface area contributed by atoms with E-state index >= 15 is 0 Å². The van der Waals surface area contributed by atoms with Gasteiger partial charge < -0.3 is 10.2 Å². The van der Waals surface area contributed by atoms with E-state index in [4.69, 9.17) is 0 Å². The fourth-order valence-electron chi connectivity index (χ4n) is 2.33. The van der Waals surface area contributed by atoms with Crippen molar-refractivity contribution in [2.45, 2.75) is 65.0 Å². The SMILES string of the molecule is C[C@H](/C=C\[C@@H](O)C[C@H](O)C(C)(C)C)[Si](C)(C)c1ccccc1. The molecule has 0 aliphatic carbocycles. The molecule has 2 N–H and O–H groups in total. The molecule has 1 rings (SSSR count). The topological polar surface area (TPSA) is 40.5 Å². The number of aliphatic hydroxyl groups is 2. The first-order valence-electron chi connectivity index (χ1n) is 8.15. The van der Waals surface area contributed by atoms with Gasteiger partial charge >= 0.3 is 0 Å². The van der Waals surface area contributed by atoms with Gasteiger partial charge in [0.25, 0.3) is 0 Å². The smallest absolute Gasteiger partial charge is 0.0871 e. The third-order valence-corrected chi connectivity index (χ3v) is 9.03. The molecule has 0 aromatic heterocycles. The Kier molecular flexibility index (Phi) is 6.60. The van der Waals surface area contributed by atoms with Gasteiger partial charge in [-0.1, -0.05) is 88.5 Å². The summed E-state index contributed by atoms with van der Waals surface area (Å²) in [4.78, 5) is 0. The maximum absolute atomic E-state index is 10.1. The fraction of sp³-hybridized carbons (Fsp3) is 0.579. The van der Waals surface area contributed by atoms with Crippen molar-refractivity contribution < 1.29 is 10.2 Å². The van der Waals surface area contributed by atoms with Crippen molar-refractivity contribution in [1.29, 1.82) is 0 Å². The molecular formula is C19H32O2Si. The van der Waals surface area contributed by atoms with Gasteiger partial charge in [-0.25, -0.2) is 0 Å². The summed E-state index contributed by atoms with van der Waals surface area (Å²) < 4.78 is 0. The van der Waals surface area contributed by atoms with Crippen molar-refractivity contribution in [2.75, 3.05) is 0 Å².